The lowest BCUT2D eigenvalue weighted by Crippen LogP contribution is -2.33. The molecule has 1 N–H and O–H groups in total. The van der Waals surface area contributed by atoms with E-state index >= 15 is 0 Å². The molecule has 21 heavy (non-hydrogen) atoms. The molecule has 2 aliphatic rings. The summed E-state index contributed by atoms with van der Waals surface area (Å²) >= 11 is 1.42. The summed E-state index contributed by atoms with van der Waals surface area (Å²) in [4.78, 5) is 1.15. The zero-order chi connectivity index (χ0) is 14.9. The first-order valence-electron chi connectivity index (χ1n) is 7.84. The number of nitrogens with zero attached hydrogens (tertiary/aromatic N) is 1. The summed E-state index contributed by atoms with van der Waals surface area (Å²) in [6.45, 7) is 1.61. The highest BCUT2D eigenvalue weighted by atomic mass is 32.2. The standard InChI is InChI=1S/C15H24N2O2S2/c1-17(11-12-3-2-4-12)21(18,19)15-8-7-14(20-15)9-10-16-13-5-6-13/h7-8,12-13,16H,2-6,9-11H2,1H3. The molecule has 118 valence electrons. The molecule has 2 saturated carbocycles. The van der Waals surface area contributed by atoms with Crippen molar-refractivity contribution in [1.82, 2.24) is 9.62 Å². The van der Waals surface area contributed by atoms with Crippen molar-refractivity contribution in [2.75, 3.05) is 20.1 Å². The molecule has 0 bridgehead atoms. The Bertz CT molecular complexity index is 574. The number of thiophene rings is 1. The predicted molar refractivity (Wildman–Crippen MR) is 86.2 cm³/mol. The fraction of sp³-hybridized carbons (Fsp3) is 0.733. The van der Waals surface area contributed by atoms with Crippen LogP contribution in [0.1, 0.15) is 37.0 Å². The van der Waals surface area contributed by atoms with Gasteiger partial charge >= 0.3 is 0 Å². The summed E-state index contributed by atoms with van der Waals surface area (Å²) in [5, 5.41) is 3.46. The van der Waals surface area contributed by atoms with Gasteiger partial charge < -0.3 is 5.32 Å². The maximum absolute atomic E-state index is 12.5. The van der Waals surface area contributed by atoms with Gasteiger partial charge in [0.05, 0.1) is 0 Å². The average Bonchev–Trinajstić information content (AvgIpc) is 3.09. The topological polar surface area (TPSA) is 49.4 Å². The molecule has 0 amide bonds. The van der Waals surface area contributed by atoms with Crippen LogP contribution in [0, 0.1) is 5.92 Å². The van der Waals surface area contributed by atoms with Gasteiger partial charge in [-0.1, -0.05) is 6.42 Å². The van der Waals surface area contributed by atoms with Crippen molar-refractivity contribution in [1.29, 1.82) is 0 Å². The molecule has 2 fully saturated rings. The van der Waals surface area contributed by atoms with Crippen molar-refractivity contribution in [2.45, 2.75) is 48.8 Å². The van der Waals surface area contributed by atoms with Crippen molar-refractivity contribution in [3.63, 3.8) is 0 Å². The number of sulfonamides is 1. The van der Waals surface area contributed by atoms with Crippen LogP contribution in [0.4, 0.5) is 0 Å². The molecule has 4 nitrogen and oxygen atoms in total. The second kappa shape index (κ2) is 6.36. The lowest BCUT2D eigenvalue weighted by molar-refractivity contribution is 0.263. The fourth-order valence-corrected chi connectivity index (χ4v) is 5.42. The van der Waals surface area contributed by atoms with Crippen LogP contribution in [0.5, 0.6) is 0 Å². The minimum atomic E-state index is -3.29. The smallest absolute Gasteiger partial charge is 0.252 e. The fourth-order valence-electron chi connectivity index (χ4n) is 2.61. The molecule has 1 aromatic rings. The molecule has 0 unspecified atom stereocenters. The minimum Gasteiger partial charge on any atom is -0.314 e. The number of rotatable bonds is 8. The van der Waals surface area contributed by atoms with Gasteiger partial charge in [-0.15, -0.1) is 11.3 Å². The van der Waals surface area contributed by atoms with Gasteiger partial charge in [-0.3, -0.25) is 0 Å². The van der Waals surface area contributed by atoms with Crippen molar-refractivity contribution in [3.05, 3.63) is 17.0 Å². The molecule has 0 aliphatic heterocycles. The zero-order valence-corrected chi connectivity index (χ0v) is 14.2. The Morgan fingerprint density at radius 3 is 2.67 bits per heavy atom. The first-order chi connectivity index (χ1) is 10.1. The van der Waals surface area contributed by atoms with Gasteiger partial charge in [-0.2, -0.15) is 4.31 Å². The summed E-state index contributed by atoms with van der Waals surface area (Å²) in [5.41, 5.74) is 0. The Morgan fingerprint density at radius 1 is 1.29 bits per heavy atom. The van der Waals surface area contributed by atoms with Crippen LogP contribution in [0.15, 0.2) is 16.3 Å². The predicted octanol–water partition coefficient (Wildman–Crippen LogP) is 2.46. The summed E-state index contributed by atoms with van der Waals surface area (Å²) in [5.74, 6) is 0.562. The number of nitrogens with one attached hydrogen (secondary N) is 1. The van der Waals surface area contributed by atoms with E-state index in [0.717, 1.165) is 17.8 Å². The van der Waals surface area contributed by atoms with Gasteiger partial charge in [0.2, 0.25) is 0 Å². The van der Waals surface area contributed by atoms with Crippen LogP contribution < -0.4 is 5.32 Å². The number of hydrogen-bond acceptors (Lipinski definition) is 4. The van der Waals surface area contributed by atoms with E-state index in [4.69, 9.17) is 0 Å². The van der Waals surface area contributed by atoms with E-state index in [2.05, 4.69) is 5.32 Å². The molecule has 0 saturated heterocycles. The molecule has 0 spiro atoms. The molecule has 1 aromatic heterocycles. The first-order valence-corrected chi connectivity index (χ1v) is 10.1. The molecule has 0 atom stereocenters. The Kier molecular flexibility index (Phi) is 4.69. The molecule has 0 radical (unpaired) electrons. The molecule has 2 aliphatic carbocycles. The summed E-state index contributed by atoms with van der Waals surface area (Å²) < 4.78 is 27.1. The highest BCUT2D eigenvalue weighted by molar-refractivity contribution is 7.91. The molecule has 1 heterocycles. The quantitative estimate of drug-likeness (QED) is 0.797. The van der Waals surface area contributed by atoms with Gasteiger partial charge in [0.1, 0.15) is 4.21 Å². The zero-order valence-electron chi connectivity index (χ0n) is 12.5. The van der Waals surface area contributed by atoms with Crippen LogP contribution >= 0.6 is 11.3 Å². The van der Waals surface area contributed by atoms with E-state index in [1.165, 1.54) is 47.7 Å². The molecular weight excluding hydrogens is 304 g/mol. The van der Waals surface area contributed by atoms with Crippen LogP contribution in [0.2, 0.25) is 0 Å². The minimum absolute atomic E-state index is 0.491. The van der Waals surface area contributed by atoms with E-state index < -0.39 is 10.0 Å². The molecule has 6 heteroatoms. The molecular formula is C15H24N2O2S2. The third-order valence-corrected chi connectivity index (χ3v) is 7.86. The highest BCUT2D eigenvalue weighted by Gasteiger charge is 2.27. The van der Waals surface area contributed by atoms with Crippen LogP contribution in [-0.4, -0.2) is 38.9 Å². The van der Waals surface area contributed by atoms with E-state index in [1.807, 2.05) is 6.07 Å². The van der Waals surface area contributed by atoms with E-state index in [-0.39, 0.29) is 0 Å². The molecule has 3 rings (SSSR count). The van der Waals surface area contributed by atoms with Crippen LogP contribution in [0.25, 0.3) is 0 Å². The first kappa shape index (κ1) is 15.5. The van der Waals surface area contributed by atoms with Gasteiger partial charge in [-0.25, -0.2) is 8.42 Å². The van der Waals surface area contributed by atoms with E-state index in [1.54, 1.807) is 13.1 Å². The Balaban J connectivity index is 1.57. The Labute approximate surface area is 131 Å². The third-order valence-electron chi connectivity index (χ3n) is 4.42. The second-order valence-corrected chi connectivity index (χ2v) is 9.72. The maximum Gasteiger partial charge on any atom is 0.252 e. The Morgan fingerprint density at radius 2 is 2.05 bits per heavy atom. The highest BCUT2D eigenvalue weighted by Crippen LogP contribution is 2.30. The SMILES string of the molecule is CN(CC1CCC1)S(=O)(=O)c1ccc(CCNC2CC2)s1. The summed E-state index contributed by atoms with van der Waals surface area (Å²) in [6.07, 6.45) is 7.08. The van der Waals surface area contributed by atoms with Gasteiger partial charge in [0.25, 0.3) is 10.0 Å². The largest absolute Gasteiger partial charge is 0.314 e. The van der Waals surface area contributed by atoms with Crippen molar-refractivity contribution in [3.8, 4) is 0 Å². The Hall–Kier alpha value is -0.430. The van der Waals surface area contributed by atoms with Gasteiger partial charge in [0.15, 0.2) is 0 Å². The van der Waals surface area contributed by atoms with Gasteiger partial charge in [-0.05, 0) is 50.2 Å². The van der Waals surface area contributed by atoms with E-state index in [0.29, 0.717) is 22.7 Å². The number of hydrogen-bond donors (Lipinski definition) is 1. The monoisotopic (exact) mass is 328 g/mol. The second-order valence-electron chi connectivity index (χ2n) is 6.28. The van der Waals surface area contributed by atoms with Crippen molar-refractivity contribution in [2.24, 2.45) is 5.92 Å². The van der Waals surface area contributed by atoms with Crippen LogP contribution in [-0.2, 0) is 16.4 Å². The summed E-state index contributed by atoms with van der Waals surface area (Å²) in [6, 6.07) is 4.44. The van der Waals surface area contributed by atoms with Gasteiger partial charge in [0, 0.05) is 31.1 Å². The lowest BCUT2D eigenvalue weighted by atomic mass is 9.86. The maximum atomic E-state index is 12.5. The van der Waals surface area contributed by atoms with E-state index in [9.17, 15) is 8.42 Å². The average molecular weight is 329 g/mol. The summed E-state index contributed by atoms with van der Waals surface area (Å²) in [7, 11) is -1.58. The van der Waals surface area contributed by atoms with Crippen molar-refractivity contribution < 1.29 is 8.42 Å². The molecule has 0 aromatic carbocycles. The normalized spacial score (nSPS) is 19.9. The third kappa shape index (κ3) is 3.86. The van der Waals surface area contributed by atoms with Crippen molar-refractivity contribution >= 4 is 21.4 Å². The van der Waals surface area contributed by atoms with Crippen LogP contribution in [0.3, 0.4) is 0 Å². The lowest BCUT2D eigenvalue weighted by Gasteiger charge is -2.29.